The zero-order chi connectivity index (χ0) is 19.4. The molecule has 1 aromatic rings. The molecule has 2 rings (SSSR count). The van der Waals surface area contributed by atoms with Crippen molar-refractivity contribution < 1.29 is 18.0 Å². The third kappa shape index (κ3) is 6.66. The predicted molar refractivity (Wildman–Crippen MR) is 103 cm³/mol. The Kier molecular flexibility index (Phi) is 8.57. The van der Waals surface area contributed by atoms with Crippen molar-refractivity contribution in [2.24, 2.45) is 5.73 Å². The summed E-state index contributed by atoms with van der Waals surface area (Å²) in [6.07, 6.45) is -1.98. The number of alkyl halides is 3. The van der Waals surface area contributed by atoms with E-state index in [9.17, 15) is 18.0 Å². The first-order valence-electron chi connectivity index (χ1n) is 9.10. The SMILES string of the molecule is CCCC(C)(N)C(=O)N1CCCN(Cc2ccc(C(F)(F)F)cc2)CC1.Cl. The Balaban J connectivity index is 0.00000364. The average Bonchev–Trinajstić information content (AvgIpc) is 2.79. The summed E-state index contributed by atoms with van der Waals surface area (Å²) in [5.74, 6) is -0.0178. The highest BCUT2D eigenvalue weighted by Gasteiger charge is 2.33. The summed E-state index contributed by atoms with van der Waals surface area (Å²) in [5, 5.41) is 0. The topological polar surface area (TPSA) is 49.6 Å². The molecule has 4 nitrogen and oxygen atoms in total. The molecule has 1 unspecified atom stereocenters. The van der Waals surface area contributed by atoms with Gasteiger partial charge in [0.1, 0.15) is 0 Å². The number of nitrogens with zero attached hydrogens (tertiary/aromatic N) is 2. The summed E-state index contributed by atoms with van der Waals surface area (Å²) in [4.78, 5) is 16.6. The van der Waals surface area contributed by atoms with Gasteiger partial charge < -0.3 is 10.6 Å². The number of carbonyl (C=O) groups is 1. The molecular weight excluding hydrogens is 379 g/mol. The van der Waals surface area contributed by atoms with E-state index in [1.54, 1.807) is 6.92 Å². The van der Waals surface area contributed by atoms with Crippen molar-refractivity contribution in [3.05, 3.63) is 35.4 Å². The second-order valence-electron chi connectivity index (χ2n) is 7.28. The van der Waals surface area contributed by atoms with Crippen molar-refractivity contribution in [3.8, 4) is 0 Å². The Hall–Kier alpha value is -1.31. The van der Waals surface area contributed by atoms with Gasteiger partial charge in [0.25, 0.3) is 0 Å². The Morgan fingerprint density at radius 2 is 1.74 bits per heavy atom. The largest absolute Gasteiger partial charge is 0.416 e. The van der Waals surface area contributed by atoms with Crippen LogP contribution in [-0.4, -0.2) is 47.4 Å². The van der Waals surface area contributed by atoms with Crippen molar-refractivity contribution >= 4 is 18.3 Å². The molecule has 0 radical (unpaired) electrons. The minimum atomic E-state index is -4.31. The van der Waals surface area contributed by atoms with Gasteiger partial charge in [-0.2, -0.15) is 13.2 Å². The molecule has 0 spiro atoms. The van der Waals surface area contributed by atoms with Crippen LogP contribution in [0.25, 0.3) is 0 Å². The lowest BCUT2D eigenvalue weighted by Gasteiger charge is -2.31. The fourth-order valence-electron chi connectivity index (χ4n) is 3.38. The molecule has 1 fully saturated rings. The monoisotopic (exact) mass is 407 g/mol. The zero-order valence-electron chi connectivity index (χ0n) is 15.9. The molecule has 0 saturated carbocycles. The Morgan fingerprint density at radius 1 is 1.11 bits per heavy atom. The average molecular weight is 408 g/mol. The van der Waals surface area contributed by atoms with E-state index in [0.29, 0.717) is 32.6 Å². The zero-order valence-corrected chi connectivity index (χ0v) is 16.7. The second-order valence-corrected chi connectivity index (χ2v) is 7.28. The van der Waals surface area contributed by atoms with E-state index < -0.39 is 17.3 Å². The summed E-state index contributed by atoms with van der Waals surface area (Å²) in [6.45, 7) is 7.12. The number of hydrogen-bond donors (Lipinski definition) is 1. The third-order valence-electron chi connectivity index (χ3n) is 4.82. The quantitative estimate of drug-likeness (QED) is 0.810. The van der Waals surface area contributed by atoms with Crippen LogP contribution in [0.1, 0.15) is 44.2 Å². The maximum absolute atomic E-state index is 12.6. The Morgan fingerprint density at radius 3 is 2.30 bits per heavy atom. The summed E-state index contributed by atoms with van der Waals surface area (Å²) in [5.41, 5.74) is 5.54. The van der Waals surface area contributed by atoms with Gasteiger partial charge in [0, 0.05) is 32.7 Å². The van der Waals surface area contributed by atoms with Crippen LogP contribution in [0.3, 0.4) is 0 Å². The molecule has 2 N–H and O–H groups in total. The summed E-state index contributed by atoms with van der Waals surface area (Å²) in [6, 6.07) is 5.28. The van der Waals surface area contributed by atoms with Crippen LogP contribution in [0.4, 0.5) is 13.2 Å². The molecule has 1 aromatic carbocycles. The molecule has 1 aliphatic heterocycles. The summed E-state index contributed by atoms with van der Waals surface area (Å²) >= 11 is 0. The predicted octanol–water partition coefficient (Wildman–Crippen LogP) is 3.68. The highest BCUT2D eigenvalue weighted by molar-refractivity contribution is 5.86. The molecule has 0 aliphatic carbocycles. The minimum absolute atomic E-state index is 0. The van der Waals surface area contributed by atoms with Crippen LogP contribution in [0.15, 0.2) is 24.3 Å². The second kappa shape index (κ2) is 9.75. The maximum atomic E-state index is 12.6. The van der Waals surface area contributed by atoms with Gasteiger partial charge in [-0.3, -0.25) is 9.69 Å². The van der Waals surface area contributed by atoms with E-state index in [1.165, 1.54) is 12.1 Å². The molecule has 0 aromatic heterocycles. The van der Waals surface area contributed by atoms with Gasteiger partial charge in [-0.05, 0) is 37.5 Å². The summed E-state index contributed by atoms with van der Waals surface area (Å²) in [7, 11) is 0. The molecule has 27 heavy (non-hydrogen) atoms. The maximum Gasteiger partial charge on any atom is 0.416 e. The first-order valence-corrected chi connectivity index (χ1v) is 9.10. The highest BCUT2D eigenvalue weighted by atomic mass is 35.5. The standard InChI is InChI=1S/C19H28F3N3O.ClH/c1-3-9-18(2,23)17(26)25-11-4-10-24(12-13-25)14-15-5-7-16(8-6-15)19(20,21)22;/h5-8H,3-4,9-14,23H2,1-2H3;1H. The Labute approximate surface area is 165 Å². The van der Waals surface area contributed by atoms with Crippen LogP contribution >= 0.6 is 12.4 Å². The molecule has 8 heteroatoms. The number of halogens is 4. The molecule has 1 aliphatic rings. The van der Waals surface area contributed by atoms with Crippen LogP contribution in [0.2, 0.25) is 0 Å². The lowest BCUT2D eigenvalue weighted by atomic mass is 9.95. The van der Waals surface area contributed by atoms with Crippen molar-refractivity contribution in [1.82, 2.24) is 9.80 Å². The smallest absolute Gasteiger partial charge is 0.340 e. The van der Waals surface area contributed by atoms with E-state index >= 15 is 0 Å². The first-order chi connectivity index (χ1) is 12.1. The van der Waals surface area contributed by atoms with Crippen molar-refractivity contribution in [3.63, 3.8) is 0 Å². The Bertz CT molecular complexity index is 605. The van der Waals surface area contributed by atoms with Crippen LogP contribution < -0.4 is 5.73 Å². The van der Waals surface area contributed by atoms with E-state index in [0.717, 1.165) is 37.1 Å². The molecule has 1 atom stereocenters. The number of amides is 1. The molecule has 1 amide bonds. The fraction of sp³-hybridized carbons (Fsp3) is 0.632. The summed E-state index contributed by atoms with van der Waals surface area (Å²) < 4.78 is 37.9. The normalized spacial score (nSPS) is 18.4. The molecular formula is C19H29ClF3N3O. The van der Waals surface area contributed by atoms with Gasteiger partial charge in [-0.15, -0.1) is 12.4 Å². The van der Waals surface area contributed by atoms with E-state index in [4.69, 9.17) is 5.73 Å². The van der Waals surface area contributed by atoms with Crippen molar-refractivity contribution in [1.29, 1.82) is 0 Å². The van der Waals surface area contributed by atoms with Gasteiger partial charge in [-0.25, -0.2) is 0 Å². The van der Waals surface area contributed by atoms with E-state index in [-0.39, 0.29) is 18.3 Å². The van der Waals surface area contributed by atoms with Crippen LogP contribution in [0.5, 0.6) is 0 Å². The molecule has 0 bridgehead atoms. The number of benzene rings is 1. The minimum Gasteiger partial charge on any atom is -0.340 e. The number of nitrogens with two attached hydrogens (primary N) is 1. The van der Waals surface area contributed by atoms with Crippen molar-refractivity contribution in [2.75, 3.05) is 26.2 Å². The van der Waals surface area contributed by atoms with Crippen molar-refractivity contribution in [2.45, 2.75) is 51.4 Å². The van der Waals surface area contributed by atoms with Gasteiger partial charge >= 0.3 is 6.18 Å². The third-order valence-corrected chi connectivity index (χ3v) is 4.82. The molecule has 154 valence electrons. The number of rotatable bonds is 5. The van der Waals surface area contributed by atoms with Gasteiger partial charge in [0.2, 0.25) is 5.91 Å². The van der Waals surface area contributed by atoms with E-state index in [2.05, 4.69) is 4.90 Å². The molecule has 1 heterocycles. The highest BCUT2D eigenvalue weighted by Crippen LogP contribution is 2.29. The van der Waals surface area contributed by atoms with Crippen LogP contribution in [0, 0.1) is 0 Å². The van der Waals surface area contributed by atoms with E-state index in [1.807, 2.05) is 11.8 Å². The van der Waals surface area contributed by atoms with Gasteiger partial charge in [0.15, 0.2) is 0 Å². The first kappa shape index (κ1) is 23.7. The lowest BCUT2D eigenvalue weighted by molar-refractivity contribution is -0.138. The number of carbonyl (C=O) groups excluding carboxylic acids is 1. The molecule has 1 saturated heterocycles. The fourth-order valence-corrected chi connectivity index (χ4v) is 3.38. The van der Waals surface area contributed by atoms with Gasteiger partial charge in [0.05, 0.1) is 11.1 Å². The number of hydrogen-bond acceptors (Lipinski definition) is 3. The lowest BCUT2D eigenvalue weighted by Crippen LogP contribution is -2.53. The van der Waals surface area contributed by atoms with Gasteiger partial charge in [-0.1, -0.05) is 25.5 Å². The van der Waals surface area contributed by atoms with Crippen LogP contribution in [-0.2, 0) is 17.5 Å².